The van der Waals surface area contributed by atoms with Crippen molar-refractivity contribution in [2.75, 3.05) is 13.6 Å². The molecule has 2 fully saturated rings. The van der Waals surface area contributed by atoms with Gasteiger partial charge in [0.15, 0.2) is 11.4 Å². The number of benzene rings is 1. The van der Waals surface area contributed by atoms with Crippen LogP contribution in [0, 0.1) is 11.3 Å². The van der Waals surface area contributed by atoms with Crippen LogP contribution in [0.4, 0.5) is 0 Å². The minimum atomic E-state index is -1.68. The minimum Gasteiger partial charge on any atom is -0.487 e. The summed E-state index contributed by atoms with van der Waals surface area (Å²) in [7, 11) is 2.16. The Morgan fingerprint density at radius 2 is 2.03 bits per heavy atom. The molecule has 5 nitrogen and oxygen atoms in total. The average Bonchev–Trinajstić information content (AvgIpc) is 3.11. The fraction of sp³-hybridized carbons (Fsp3) is 0.500. The number of piperidine rings is 1. The first-order valence-corrected chi connectivity index (χ1v) is 11.3. The number of carbonyl (C=O) groups is 1. The highest BCUT2D eigenvalue weighted by atomic mass is 16.5. The van der Waals surface area contributed by atoms with E-state index in [9.17, 15) is 15.0 Å². The van der Waals surface area contributed by atoms with Crippen molar-refractivity contribution < 1.29 is 19.7 Å². The lowest BCUT2D eigenvalue weighted by Crippen LogP contribution is -2.67. The van der Waals surface area contributed by atoms with Crippen molar-refractivity contribution in [3.05, 3.63) is 71.0 Å². The van der Waals surface area contributed by atoms with E-state index in [1.54, 1.807) is 6.08 Å². The maximum atomic E-state index is 12.7. The summed E-state index contributed by atoms with van der Waals surface area (Å²) in [4.78, 5) is 15.1. The van der Waals surface area contributed by atoms with Crippen LogP contribution < -0.4 is 0 Å². The lowest BCUT2D eigenvalue weighted by molar-refractivity contribution is -0.165. The molecule has 3 aliphatic carbocycles. The summed E-state index contributed by atoms with van der Waals surface area (Å²) in [5.74, 6) is 0.439. The quantitative estimate of drug-likeness (QED) is 0.737. The van der Waals surface area contributed by atoms with E-state index in [0.717, 1.165) is 30.5 Å². The van der Waals surface area contributed by atoms with E-state index in [-0.39, 0.29) is 11.7 Å². The molecule has 1 aromatic rings. The molecule has 6 atom stereocenters. The van der Waals surface area contributed by atoms with Crippen LogP contribution in [0.5, 0.6) is 0 Å². The van der Waals surface area contributed by atoms with Gasteiger partial charge in [0.1, 0.15) is 17.5 Å². The standard InChI is InChI=1S/C26H29NO4/c1-16(28)26(30)11-9-19-20-14-18-8-10-24(29,15-17-6-4-3-5-7-17)22-21(18)25(19,23(26)31-22)12-13-27(20)2/h3-9,11,19-20,23,29-30H,10,12-15H2,1-2H3/t19-,20+,23+,24?,25-,26+/m0/s1. The maximum Gasteiger partial charge on any atom is 0.178 e. The second-order valence-electron chi connectivity index (χ2n) is 10.1. The van der Waals surface area contributed by atoms with Crippen LogP contribution in [-0.2, 0) is 16.0 Å². The third-order valence-electron chi connectivity index (χ3n) is 8.57. The first kappa shape index (κ1) is 19.5. The second-order valence-corrected chi connectivity index (χ2v) is 10.1. The summed E-state index contributed by atoms with van der Waals surface area (Å²) >= 11 is 0. The molecular formula is C26H29NO4. The van der Waals surface area contributed by atoms with Gasteiger partial charge in [-0.05, 0) is 50.6 Å². The third kappa shape index (κ3) is 2.34. The molecule has 31 heavy (non-hydrogen) atoms. The summed E-state index contributed by atoms with van der Waals surface area (Å²) in [6, 6.07) is 10.3. The van der Waals surface area contributed by atoms with Crippen molar-refractivity contribution >= 4 is 5.78 Å². The number of nitrogens with zero attached hydrogens (tertiary/aromatic N) is 1. The average molecular weight is 420 g/mol. The van der Waals surface area contributed by atoms with E-state index < -0.39 is 22.7 Å². The Balaban J connectivity index is 1.54. The number of hydrogen-bond acceptors (Lipinski definition) is 5. The SMILES string of the molecule is CC(=O)[C@]1(O)C=C[C@H]2[C@H]3CC4=CCC(O)(Cc5ccccc5)C5=C4[C@@]2(CCN3C)[C@H]1O5. The van der Waals surface area contributed by atoms with Crippen LogP contribution in [0.3, 0.4) is 0 Å². The van der Waals surface area contributed by atoms with Gasteiger partial charge in [-0.1, -0.05) is 42.5 Å². The molecule has 1 saturated heterocycles. The van der Waals surface area contributed by atoms with Crippen LogP contribution in [0.25, 0.3) is 0 Å². The van der Waals surface area contributed by atoms with Crippen molar-refractivity contribution in [3.63, 3.8) is 0 Å². The maximum absolute atomic E-state index is 12.7. The van der Waals surface area contributed by atoms with E-state index in [2.05, 4.69) is 24.1 Å². The van der Waals surface area contributed by atoms with Gasteiger partial charge in [-0.15, -0.1) is 0 Å². The van der Waals surface area contributed by atoms with Crippen LogP contribution in [0.15, 0.2) is 65.5 Å². The topological polar surface area (TPSA) is 70.0 Å². The second kappa shape index (κ2) is 6.18. The number of hydrogen-bond donors (Lipinski definition) is 2. The van der Waals surface area contributed by atoms with E-state index in [4.69, 9.17) is 4.74 Å². The molecule has 1 aromatic carbocycles. The Bertz CT molecular complexity index is 1060. The van der Waals surface area contributed by atoms with Gasteiger partial charge in [-0.3, -0.25) is 4.79 Å². The Labute approximate surface area is 182 Å². The molecule has 2 aliphatic heterocycles. The highest BCUT2D eigenvalue weighted by Crippen LogP contribution is 2.67. The van der Waals surface area contributed by atoms with Gasteiger partial charge < -0.3 is 19.8 Å². The molecule has 162 valence electrons. The zero-order chi connectivity index (χ0) is 21.6. The van der Waals surface area contributed by atoms with Gasteiger partial charge in [-0.2, -0.15) is 0 Å². The van der Waals surface area contributed by atoms with Gasteiger partial charge in [0, 0.05) is 35.8 Å². The molecule has 1 saturated carbocycles. The molecule has 5 aliphatic rings. The van der Waals surface area contributed by atoms with Gasteiger partial charge in [0.2, 0.25) is 0 Å². The van der Waals surface area contributed by atoms with Crippen LogP contribution in [-0.4, -0.2) is 57.8 Å². The van der Waals surface area contributed by atoms with Crippen molar-refractivity contribution in [1.82, 2.24) is 4.90 Å². The summed E-state index contributed by atoms with van der Waals surface area (Å²) in [5, 5.41) is 23.4. The lowest BCUT2D eigenvalue weighted by Gasteiger charge is -2.59. The van der Waals surface area contributed by atoms with E-state index in [0.29, 0.717) is 24.6 Å². The molecule has 2 bridgehead atoms. The van der Waals surface area contributed by atoms with E-state index >= 15 is 0 Å². The molecule has 0 amide bonds. The Morgan fingerprint density at radius 1 is 1.26 bits per heavy atom. The highest BCUT2D eigenvalue weighted by molar-refractivity contribution is 5.89. The Kier molecular flexibility index (Phi) is 3.88. The number of rotatable bonds is 3. The van der Waals surface area contributed by atoms with Gasteiger partial charge in [0.05, 0.1) is 0 Å². The lowest BCUT2D eigenvalue weighted by atomic mass is 9.49. The Morgan fingerprint density at radius 3 is 2.77 bits per heavy atom. The number of aliphatic hydroxyl groups is 2. The van der Waals surface area contributed by atoms with Gasteiger partial charge in [0.25, 0.3) is 0 Å². The highest BCUT2D eigenvalue weighted by Gasteiger charge is 2.71. The molecule has 1 spiro atoms. The van der Waals surface area contributed by atoms with Crippen LogP contribution in [0.1, 0.15) is 31.7 Å². The van der Waals surface area contributed by atoms with E-state index in [1.807, 2.05) is 30.3 Å². The number of ketones is 1. The molecule has 5 heteroatoms. The molecule has 2 N–H and O–H groups in total. The molecule has 0 radical (unpaired) electrons. The van der Waals surface area contributed by atoms with Gasteiger partial charge in [-0.25, -0.2) is 0 Å². The summed E-state index contributed by atoms with van der Waals surface area (Å²) in [6.07, 6.45) is 7.83. The first-order valence-electron chi connectivity index (χ1n) is 11.3. The van der Waals surface area contributed by atoms with Crippen molar-refractivity contribution in [2.24, 2.45) is 11.3 Å². The predicted molar refractivity (Wildman–Crippen MR) is 116 cm³/mol. The molecular weight excluding hydrogens is 390 g/mol. The molecule has 6 rings (SSSR count). The monoisotopic (exact) mass is 419 g/mol. The molecule has 0 aromatic heterocycles. The fourth-order valence-corrected chi connectivity index (χ4v) is 7.01. The van der Waals surface area contributed by atoms with Crippen LogP contribution in [0.2, 0.25) is 0 Å². The van der Waals surface area contributed by atoms with E-state index in [1.165, 1.54) is 12.5 Å². The zero-order valence-electron chi connectivity index (χ0n) is 18.0. The van der Waals surface area contributed by atoms with Crippen molar-refractivity contribution in [3.8, 4) is 0 Å². The smallest absolute Gasteiger partial charge is 0.178 e. The van der Waals surface area contributed by atoms with Crippen molar-refractivity contribution in [1.29, 1.82) is 0 Å². The Hall–Kier alpha value is -2.21. The number of Topliss-reactive ketones (excluding diaryl/α,β-unsaturated/α-hetero) is 1. The summed E-state index contributed by atoms with van der Waals surface area (Å²) < 4.78 is 6.57. The first-order chi connectivity index (χ1) is 14.8. The number of carbonyl (C=O) groups excluding carboxylic acids is 1. The number of likely N-dealkylation sites (tertiary alicyclic amines) is 1. The number of ether oxygens (including phenoxy) is 1. The predicted octanol–water partition coefficient (Wildman–Crippen LogP) is 2.54. The summed E-state index contributed by atoms with van der Waals surface area (Å²) in [5.41, 5.74) is 0.00989. The summed E-state index contributed by atoms with van der Waals surface area (Å²) in [6.45, 7) is 2.31. The molecule has 2 heterocycles. The van der Waals surface area contributed by atoms with Crippen molar-refractivity contribution in [2.45, 2.75) is 56.0 Å². The largest absolute Gasteiger partial charge is 0.487 e. The third-order valence-corrected chi connectivity index (χ3v) is 8.57. The normalized spacial score (nSPS) is 42.7. The van der Waals surface area contributed by atoms with Crippen LogP contribution >= 0.6 is 0 Å². The zero-order valence-corrected chi connectivity index (χ0v) is 18.0. The molecule has 1 unspecified atom stereocenters. The minimum absolute atomic E-state index is 0.152. The fourth-order valence-electron chi connectivity index (χ4n) is 7.01. The van der Waals surface area contributed by atoms with Gasteiger partial charge >= 0.3 is 0 Å².